The average molecular weight is 265 g/mol. The number of nitrogens with zero attached hydrogens (tertiary/aromatic N) is 1. The van der Waals surface area contributed by atoms with Gasteiger partial charge in [0.25, 0.3) is 5.91 Å². The molecule has 1 aromatic carbocycles. The zero-order chi connectivity index (χ0) is 14.6. The van der Waals surface area contributed by atoms with Crippen molar-refractivity contribution in [1.82, 2.24) is 10.2 Å². The maximum absolute atomic E-state index is 11.5. The number of nitrogens with one attached hydrogen (secondary N) is 2. The molecule has 19 heavy (non-hydrogen) atoms. The Hall–Kier alpha value is -2.57. The first kappa shape index (κ1) is 14.5. The number of urea groups is 1. The van der Waals surface area contributed by atoms with Crippen molar-refractivity contribution in [1.29, 1.82) is 0 Å². The second-order valence-corrected chi connectivity index (χ2v) is 4.01. The standard InChI is InChI=1S/C12H15N3O4/c1-13-10(16)7-4-8(11(17)18)6-9(5-7)14-12(19)15(2)3/h4-6H,1-3H3,(H,13,16)(H,14,19)(H,17,18). The van der Waals surface area contributed by atoms with Gasteiger partial charge in [0.2, 0.25) is 0 Å². The van der Waals surface area contributed by atoms with E-state index in [-0.39, 0.29) is 16.8 Å². The van der Waals surface area contributed by atoms with E-state index in [1.807, 2.05) is 0 Å². The van der Waals surface area contributed by atoms with Gasteiger partial charge in [-0.2, -0.15) is 0 Å². The largest absolute Gasteiger partial charge is 0.478 e. The summed E-state index contributed by atoms with van der Waals surface area (Å²) in [5, 5.41) is 13.9. The van der Waals surface area contributed by atoms with Crippen LogP contribution in [-0.2, 0) is 0 Å². The highest BCUT2D eigenvalue weighted by Crippen LogP contribution is 2.16. The maximum Gasteiger partial charge on any atom is 0.335 e. The molecule has 0 saturated carbocycles. The normalized spacial score (nSPS) is 9.63. The molecule has 0 aromatic heterocycles. The summed E-state index contributed by atoms with van der Waals surface area (Å²) < 4.78 is 0. The number of carbonyl (C=O) groups is 3. The Morgan fingerprint density at radius 1 is 1.11 bits per heavy atom. The van der Waals surface area contributed by atoms with Gasteiger partial charge in [0.1, 0.15) is 0 Å². The van der Waals surface area contributed by atoms with Crippen molar-refractivity contribution in [2.45, 2.75) is 0 Å². The third kappa shape index (κ3) is 3.70. The number of carboxylic acid groups (broad SMARTS) is 1. The van der Waals surface area contributed by atoms with Crippen LogP contribution in [0.5, 0.6) is 0 Å². The number of rotatable bonds is 3. The summed E-state index contributed by atoms with van der Waals surface area (Å²) in [6.07, 6.45) is 0. The molecule has 0 heterocycles. The molecule has 0 spiro atoms. The van der Waals surface area contributed by atoms with E-state index in [0.717, 1.165) is 0 Å². The first-order valence-corrected chi connectivity index (χ1v) is 5.44. The molecule has 0 atom stereocenters. The Bertz CT molecular complexity index is 526. The first-order valence-electron chi connectivity index (χ1n) is 5.44. The molecule has 0 aliphatic heterocycles. The van der Waals surface area contributed by atoms with Crippen molar-refractivity contribution in [3.05, 3.63) is 29.3 Å². The predicted octanol–water partition coefficient (Wildman–Crippen LogP) is 0.838. The van der Waals surface area contributed by atoms with Crippen LogP contribution in [0, 0.1) is 0 Å². The van der Waals surface area contributed by atoms with E-state index in [1.165, 1.54) is 30.1 Å². The number of anilines is 1. The van der Waals surface area contributed by atoms with Gasteiger partial charge < -0.3 is 20.6 Å². The molecule has 1 rings (SSSR count). The van der Waals surface area contributed by atoms with Gasteiger partial charge in [0.15, 0.2) is 0 Å². The fourth-order valence-corrected chi connectivity index (χ4v) is 1.33. The summed E-state index contributed by atoms with van der Waals surface area (Å²) in [6.45, 7) is 0. The van der Waals surface area contributed by atoms with E-state index >= 15 is 0 Å². The van der Waals surface area contributed by atoms with Crippen molar-refractivity contribution in [2.24, 2.45) is 0 Å². The molecule has 0 fully saturated rings. The van der Waals surface area contributed by atoms with Crippen LogP contribution in [0.1, 0.15) is 20.7 Å². The minimum atomic E-state index is -1.17. The van der Waals surface area contributed by atoms with Crippen LogP contribution in [0.2, 0.25) is 0 Å². The Morgan fingerprint density at radius 3 is 2.16 bits per heavy atom. The summed E-state index contributed by atoms with van der Waals surface area (Å²) in [7, 11) is 4.54. The summed E-state index contributed by atoms with van der Waals surface area (Å²) in [4.78, 5) is 35.3. The highest BCUT2D eigenvalue weighted by atomic mass is 16.4. The molecule has 7 nitrogen and oxygen atoms in total. The van der Waals surface area contributed by atoms with E-state index in [2.05, 4.69) is 10.6 Å². The first-order chi connectivity index (χ1) is 8.85. The lowest BCUT2D eigenvalue weighted by atomic mass is 10.1. The van der Waals surface area contributed by atoms with Gasteiger partial charge in [-0.15, -0.1) is 0 Å². The third-order valence-electron chi connectivity index (χ3n) is 2.33. The Labute approximate surface area is 110 Å². The van der Waals surface area contributed by atoms with Gasteiger partial charge in [0, 0.05) is 32.4 Å². The van der Waals surface area contributed by atoms with Crippen LogP contribution in [0.3, 0.4) is 0 Å². The number of aromatic carboxylic acids is 1. The Kier molecular flexibility index (Phi) is 4.46. The number of carbonyl (C=O) groups excluding carboxylic acids is 2. The Balaban J connectivity index is 3.17. The molecule has 0 aliphatic rings. The predicted molar refractivity (Wildman–Crippen MR) is 69.5 cm³/mol. The summed E-state index contributed by atoms with van der Waals surface area (Å²) in [5.74, 6) is -1.60. The maximum atomic E-state index is 11.5. The molecule has 3 N–H and O–H groups in total. The molecular weight excluding hydrogens is 250 g/mol. The smallest absolute Gasteiger partial charge is 0.335 e. The second-order valence-electron chi connectivity index (χ2n) is 4.01. The van der Waals surface area contributed by atoms with Crippen molar-refractivity contribution in [3.63, 3.8) is 0 Å². The van der Waals surface area contributed by atoms with Gasteiger partial charge in [-0.05, 0) is 18.2 Å². The molecule has 0 radical (unpaired) electrons. The molecule has 102 valence electrons. The van der Waals surface area contributed by atoms with Crippen molar-refractivity contribution >= 4 is 23.6 Å². The zero-order valence-electron chi connectivity index (χ0n) is 10.9. The monoisotopic (exact) mass is 265 g/mol. The number of hydrogen-bond acceptors (Lipinski definition) is 3. The minimum Gasteiger partial charge on any atom is -0.478 e. The summed E-state index contributed by atoms with van der Waals surface area (Å²) >= 11 is 0. The van der Waals surface area contributed by atoms with Crippen molar-refractivity contribution in [2.75, 3.05) is 26.5 Å². The number of carboxylic acids is 1. The number of hydrogen-bond donors (Lipinski definition) is 3. The van der Waals surface area contributed by atoms with Crippen LogP contribution >= 0.6 is 0 Å². The SMILES string of the molecule is CNC(=O)c1cc(NC(=O)N(C)C)cc(C(=O)O)c1. The molecule has 0 unspecified atom stereocenters. The number of benzene rings is 1. The summed E-state index contributed by atoms with van der Waals surface area (Å²) in [6, 6.07) is 3.53. The molecule has 0 bridgehead atoms. The lowest BCUT2D eigenvalue weighted by Gasteiger charge is -2.13. The topological polar surface area (TPSA) is 98.7 Å². The van der Waals surface area contributed by atoms with Crippen molar-refractivity contribution in [3.8, 4) is 0 Å². The quantitative estimate of drug-likeness (QED) is 0.754. The molecular formula is C12H15N3O4. The lowest BCUT2D eigenvalue weighted by Crippen LogP contribution is -2.27. The fourth-order valence-electron chi connectivity index (χ4n) is 1.33. The second kappa shape index (κ2) is 5.85. The van der Waals surface area contributed by atoms with Gasteiger partial charge in [-0.25, -0.2) is 9.59 Å². The van der Waals surface area contributed by atoms with Gasteiger partial charge in [0.05, 0.1) is 5.56 Å². The van der Waals surface area contributed by atoms with Crippen molar-refractivity contribution < 1.29 is 19.5 Å². The highest BCUT2D eigenvalue weighted by Gasteiger charge is 2.13. The van der Waals surface area contributed by atoms with Crippen LogP contribution < -0.4 is 10.6 Å². The molecule has 0 saturated heterocycles. The van der Waals surface area contributed by atoms with E-state index in [1.54, 1.807) is 14.1 Å². The highest BCUT2D eigenvalue weighted by molar-refractivity contribution is 6.00. The van der Waals surface area contributed by atoms with E-state index in [9.17, 15) is 14.4 Å². The molecule has 7 heteroatoms. The van der Waals surface area contributed by atoms with E-state index in [0.29, 0.717) is 0 Å². The van der Waals surface area contributed by atoms with Gasteiger partial charge >= 0.3 is 12.0 Å². The van der Waals surface area contributed by atoms with Gasteiger partial charge in [-0.1, -0.05) is 0 Å². The molecule has 1 aromatic rings. The fraction of sp³-hybridized carbons (Fsp3) is 0.250. The van der Waals surface area contributed by atoms with Gasteiger partial charge in [-0.3, -0.25) is 4.79 Å². The van der Waals surface area contributed by atoms with E-state index < -0.39 is 17.9 Å². The number of amides is 3. The average Bonchev–Trinajstić information content (AvgIpc) is 2.37. The lowest BCUT2D eigenvalue weighted by molar-refractivity contribution is 0.0697. The summed E-state index contributed by atoms with van der Waals surface area (Å²) in [5.41, 5.74) is 0.337. The van der Waals surface area contributed by atoms with Crippen LogP contribution in [-0.4, -0.2) is 49.1 Å². The van der Waals surface area contributed by atoms with Crippen LogP contribution in [0.4, 0.5) is 10.5 Å². The third-order valence-corrected chi connectivity index (χ3v) is 2.33. The Morgan fingerprint density at radius 2 is 1.68 bits per heavy atom. The zero-order valence-corrected chi connectivity index (χ0v) is 10.9. The van der Waals surface area contributed by atoms with Crippen LogP contribution in [0.15, 0.2) is 18.2 Å². The van der Waals surface area contributed by atoms with E-state index in [4.69, 9.17) is 5.11 Å². The minimum absolute atomic E-state index is 0.0739. The molecule has 3 amide bonds. The molecule has 0 aliphatic carbocycles. The van der Waals surface area contributed by atoms with Crippen LogP contribution in [0.25, 0.3) is 0 Å².